The van der Waals surface area contributed by atoms with Crippen LogP contribution in [0.3, 0.4) is 0 Å². The fourth-order valence-corrected chi connectivity index (χ4v) is 1.66. The fourth-order valence-electron chi connectivity index (χ4n) is 1.39. The first-order valence-corrected chi connectivity index (χ1v) is 6.13. The van der Waals surface area contributed by atoms with Gasteiger partial charge in [-0.2, -0.15) is 0 Å². The summed E-state index contributed by atoms with van der Waals surface area (Å²) in [7, 11) is 1.55. The number of amides is 1. The van der Waals surface area contributed by atoms with Crippen LogP contribution in [0.15, 0.2) is 24.3 Å². The zero-order valence-corrected chi connectivity index (χ0v) is 11.1. The predicted octanol–water partition coefficient (Wildman–Crippen LogP) is 2.69. The summed E-state index contributed by atoms with van der Waals surface area (Å²) in [6.07, 6.45) is 0. The Hall–Kier alpha value is -1.22. The molecule has 1 N–H and O–H groups in total. The molecule has 0 aromatic heterocycles. The second-order valence-electron chi connectivity index (χ2n) is 4.09. The number of hydrogen-bond donors (Lipinski definition) is 1. The van der Waals surface area contributed by atoms with Gasteiger partial charge in [-0.05, 0) is 25.0 Å². The molecule has 0 heterocycles. The maximum absolute atomic E-state index is 12.0. The van der Waals surface area contributed by atoms with E-state index in [-0.39, 0.29) is 17.9 Å². The van der Waals surface area contributed by atoms with E-state index in [1.165, 1.54) is 0 Å². The lowest BCUT2D eigenvalue weighted by Gasteiger charge is -2.19. The van der Waals surface area contributed by atoms with Gasteiger partial charge in [0.15, 0.2) is 0 Å². The highest BCUT2D eigenvalue weighted by atomic mass is 35.5. The van der Waals surface area contributed by atoms with E-state index in [0.29, 0.717) is 17.2 Å². The van der Waals surface area contributed by atoms with Crippen LogP contribution in [0.25, 0.3) is 0 Å². The highest BCUT2D eigenvalue weighted by molar-refractivity contribution is 6.18. The van der Waals surface area contributed by atoms with Gasteiger partial charge in [0.2, 0.25) is 0 Å². The summed E-state index contributed by atoms with van der Waals surface area (Å²) in [5.74, 6) is 1.20. The SMILES string of the molecule is COc1ccccc1C(=O)NC(C)C(C)CCl. The van der Waals surface area contributed by atoms with Gasteiger partial charge in [0.1, 0.15) is 5.75 Å². The molecule has 0 bridgehead atoms. The molecule has 1 amide bonds. The van der Waals surface area contributed by atoms with Crippen molar-refractivity contribution < 1.29 is 9.53 Å². The maximum Gasteiger partial charge on any atom is 0.255 e. The van der Waals surface area contributed by atoms with Crippen molar-refractivity contribution in [3.05, 3.63) is 29.8 Å². The zero-order chi connectivity index (χ0) is 12.8. The van der Waals surface area contributed by atoms with Gasteiger partial charge in [-0.25, -0.2) is 0 Å². The molecule has 0 fully saturated rings. The van der Waals surface area contributed by atoms with Crippen molar-refractivity contribution in [1.82, 2.24) is 5.32 Å². The number of benzene rings is 1. The number of rotatable bonds is 5. The van der Waals surface area contributed by atoms with Crippen molar-refractivity contribution >= 4 is 17.5 Å². The summed E-state index contributed by atoms with van der Waals surface area (Å²) >= 11 is 5.76. The topological polar surface area (TPSA) is 38.3 Å². The van der Waals surface area contributed by atoms with Crippen molar-refractivity contribution in [1.29, 1.82) is 0 Å². The minimum absolute atomic E-state index is 0.0323. The van der Waals surface area contributed by atoms with Gasteiger partial charge in [0, 0.05) is 11.9 Å². The van der Waals surface area contributed by atoms with Crippen molar-refractivity contribution in [3.8, 4) is 5.75 Å². The van der Waals surface area contributed by atoms with Crippen molar-refractivity contribution in [3.63, 3.8) is 0 Å². The molecule has 2 atom stereocenters. The molecule has 0 saturated heterocycles. The average molecular weight is 256 g/mol. The molecule has 0 aliphatic rings. The lowest BCUT2D eigenvalue weighted by atomic mass is 10.1. The molecule has 0 aliphatic carbocycles. The van der Waals surface area contributed by atoms with Gasteiger partial charge in [-0.3, -0.25) is 4.79 Å². The third kappa shape index (κ3) is 3.63. The number of para-hydroxylation sites is 1. The van der Waals surface area contributed by atoms with Crippen molar-refractivity contribution in [2.75, 3.05) is 13.0 Å². The first-order valence-electron chi connectivity index (χ1n) is 5.60. The van der Waals surface area contributed by atoms with Gasteiger partial charge in [0.25, 0.3) is 5.91 Å². The van der Waals surface area contributed by atoms with Crippen LogP contribution in [0.4, 0.5) is 0 Å². The van der Waals surface area contributed by atoms with E-state index >= 15 is 0 Å². The number of nitrogens with one attached hydrogen (secondary N) is 1. The summed E-state index contributed by atoms with van der Waals surface area (Å²) in [6.45, 7) is 3.94. The van der Waals surface area contributed by atoms with Crippen molar-refractivity contribution in [2.24, 2.45) is 5.92 Å². The third-order valence-corrected chi connectivity index (χ3v) is 3.29. The number of ether oxygens (including phenoxy) is 1. The molecule has 2 unspecified atom stereocenters. The minimum atomic E-state index is -0.132. The summed E-state index contributed by atoms with van der Waals surface area (Å²) in [4.78, 5) is 12.0. The Morgan fingerprint density at radius 1 is 1.41 bits per heavy atom. The molecule has 0 radical (unpaired) electrons. The molecule has 17 heavy (non-hydrogen) atoms. The van der Waals surface area contributed by atoms with Gasteiger partial charge in [0.05, 0.1) is 12.7 Å². The van der Waals surface area contributed by atoms with Gasteiger partial charge < -0.3 is 10.1 Å². The van der Waals surface area contributed by atoms with Crippen LogP contribution in [0.5, 0.6) is 5.75 Å². The molecule has 1 rings (SSSR count). The Morgan fingerprint density at radius 3 is 2.65 bits per heavy atom. The van der Waals surface area contributed by atoms with E-state index in [1.807, 2.05) is 26.0 Å². The van der Waals surface area contributed by atoms with Gasteiger partial charge in [-0.15, -0.1) is 11.6 Å². The summed E-state index contributed by atoms with van der Waals surface area (Å²) < 4.78 is 5.15. The molecular weight excluding hydrogens is 238 g/mol. The van der Waals surface area contributed by atoms with E-state index < -0.39 is 0 Å². The molecule has 4 heteroatoms. The first-order chi connectivity index (χ1) is 8.10. The van der Waals surface area contributed by atoms with E-state index in [9.17, 15) is 4.79 Å². The van der Waals surface area contributed by atoms with E-state index in [0.717, 1.165) is 0 Å². The fraction of sp³-hybridized carbons (Fsp3) is 0.462. The predicted molar refractivity (Wildman–Crippen MR) is 69.8 cm³/mol. The van der Waals surface area contributed by atoms with Crippen LogP contribution in [0.1, 0.15) is 24.2 Å². The quantitative estimate of drug-likeness (QED) is 0.822. The zero-order valence-electron chi connectivity index (χ0n) is 10.4. The summed E-state index contributed by atoms with van der Waals surface area (Å²) in [5, 5.41) is 2.92. The average Bonchev–Trinajstić information content (AvgIpc) is 2.37. The second kappa shape index (κ2) is 6.50. The number of halogens is 1. The number of alkyl halides is 1. The van der Waals surface area contributed by atoms with Crippen LogP contribution < -0.4 is 10.1 Å². The second-order valence-corrected chi connectivity index (χ2v) is 4.40. The van der Waals surface area contributed by atoms with Crippen LogP contribution in [-0.4, -0.2) is 24.9 Å². The number of methoxy groups -OCH3 is 1. The Morgan fingerprint density at radius 2 is 2.06 bits per heavy atom. The highest BCUT2D eigenvalue weighted by Crippen LogP contribution is 2.17. The summed E-state index contributed by atoms with van der Waals surface area (Å²) in [6, 6.07) is 7.19. The standard InChI is InChI=1S/C13H18ClNO2/c1-9(8-14)10(2)15-13(16)11-6-4-5-7-12(11)17-3/h4-7,9-10H,8H2,1-3H3,(H,15,16). The molecule has 94 valence electrons. The minimum Gasteiger partial charge on any atom is -0.496 e. The summed E-state index contributed by atoms with van der Waals surface area (Å²) in [5.41, 5.74) is 0.545. The highest BCUT2D eigenvalue weighted by Gasteiger charge is 2.17. The Labute approximate surface area is 107 Å². The molecule has 1 aromatic rings. The largest absolute Gasteiger partial charge is 0.496 e. The molecule has 3 nitrogen and oxygen atoms in total. The third-order valence-electron chi connectivity index (χ3n) is 2.81. The van der Waals surface area contributed by atoms with Crippen LogP contribution in [0.2, 0.25) is 0 Å². The van der Waals surface area contributed by atoms with E-state index in [2.05, 4.69) is 5.32 Å². The van der Waals surface area contributed by atoms with Crippen LogP contribution in [-0.2, 0) is 0 Å². The van der Waals surface area contributed by atoms with Crippen LogP contribution in [0, 0.1) is 5.92 Å². The lowest BCUT2D eigenvalue weighted by Crippen LogP contribution is -2.37. The van der Waals surface area contributed by atoms with E-state index in [4.69, 9.17) is 16.3 Å². The van der Waals surface area contributed by atoms with Crippen LogP contribution >= 0.6 is 11.6 Å². The molecular formula is C13H18ClNO2. The monoisotopic (exact) mass is 255 g/mol. The molecule has 0 saturated carbocycles. The molecule has 0 spiro atoms. The van der Waals surface area contributed by atoms with Gasteiger partial charge in [-0.1, -0.05) is 19.1 Å². The smallest absolute Gasteiger partial charge is 0.255 e. The number of carbonyl (C=O) groups excluding carboxylic acids is 1. The Bertz CT molecular complexity index is 381. The molecule has 0 aliphatic heterocycles. The van der Waals surface area contributed by atoms with Crippen molar-refractivity contribution in [2.45, 2.75) is 19.9 Å². The Kier molecular flexibility index (Phi) is 5.29. The normalized spacial score (nSPS) is 13.9. The molecule has 1 aromatic carbocycles. The maximum atomic E-state index is 12.0. The number of carbonyl (C=O) groups is 1. The van der Waals surface area contributed by atoms with E-state index in [1.54, 1.807) is 19.2 Å². The Balaban J connectivity index is 2.76. The van der Waals surface area contributed by atoms with Gasteiger partial charge >= 0.3 is 0 Å². The first kappa shape index (κ1) is 13.8. The lowest BCUT2D eigenvalue weighted by molar-refractivity contribution is 0.0928. The number of hydrogen-bond acceptors (Lipinski definition) is 2.